The van der Waals surface area contributed by atoms with Gasteiger partial charge in [-0.2, -0.15) is 0 Å². The number of fused-ring (bicyclic) bond motifs is 2. The van der Waals surface area contributed by atoms with Gasteiger partial charge in [-0.3, -0.25) is 0 Å². The molecule has 4 rings (SSSR count). The fraction of sp³-hybridized carbons (Fsp3) is 0.333. The molecule has 1 atom stereocenters. The van der Waals surface area contributed by atoms with Crippen LogP contribution in [0, 0.1) is 27.7 Å². The van der Waals surface area contributed by atoms with E-state index in [4.69, 9.17) is 9.47 Å². The van der Waals surface area contributed by atoms with Crippen molar-refractivity contribution in [1.82, 2.24) is 0 Å². The van der Waals surface area contributed by atoms with Gasteiger partial charge in [-0.25, -0.2) is 0 Å². The summed E-state index contributed by atoms with van der Waals surface area (Å²) in [4.78, 5) is 0. The van der Waals surface area contributed by atoms with Gasteiger partial charge in [0.2, 0.25) is 0 Å². The highest BCUT2D eigenvalue weighted by molar-refractivity contribution is 5.90. The van der Waals surface area contributed by atoms with Gasteiger partial charge in [-0.05, 0) is 67.8 Å². The molecular formula is C30H34O4. The Balaban J connectivity index is 1.94. The number of rotatable bonds is 6. The first-order valence-corrected chi connectivity index (χ1v) is 12.0. The Hall–Kier alpha value is -3.24. The van der Waals surface area contributed by atoms with Crippen molar-refractivity contribution < 1.29 is 19.7 Å². The zero-order valence-corrected chi connectivity index (χ0v) is 20.8. The lowest BCUT2D eigenvalue weighted by Crippen LogP contribution is -2.27. The first-order chi connectivity index (χ1) is 16.2. The molecule has 2 N–H and O–H groups in total. The van der Waals surface area contributed by atoms with Crippen LogP contribution >= 0.6 is 0 Å². The summed E-state index contributed by atoms with van der Waals surface area (Å²) in [6.07, 6.45) is 2.23. The zero-order chi connectivity index (χ0) is 24.6. The molecule has 1 unspecified atom stereocenters. The lowest BCUT2D eigenvalue weighted by Gasteiger charge is -2.29. The SMILES string of the molecule is C=c1ccccc1=C1c2cc(C)c(O)c(C)c2Oc2c1cc(C)c(OCC(O)CCCC)c2C. The minimum Gasteiger partial charge on any atom is -0.507 e. The minimum absolute atomic E-state index is 0.241. The number of aromatic hydroxyl groups is 1. The van der Waals surface area contributed by atoms with E-state index in [-0.39, 0.29) is 12.4 Å². The molecule has 3 aromatic carbocycles. The Morgan fingerprint density at radius 2 is 1.62 bits per heavy atom. The normalized spacial score (nSPS) is 14.8. The van der Waals surface area contributed by atoms with Crippen LogP contribution in [0.2, 0.25) is 0 Å². The van der Waals surface area contributed by atoms with Gasteiger partial charge < -0.3 is 19.7 Å². The Morgan fingerprint density at radius 1 is 0.971 bits per heavy atom. The summed E-state index contributed by atoms with van der Waals surface area (Å²) >= 11 is 0. The molecule has 0 aliphatic carbocycles. The topological polar surface area (TPSA) is 58.9 Å². The quantitative estimate of drug-likeness (QED) is 0.411. The van der Waals surface area contributed by atoms with Gasteiger partial charge in [0.1, 0.15) is 29.6 Å². The summed E-state index contributed by atoms with van der Waals surface area (Å²) in [7, 11) is 0. The van der Waals surface area contributed by atoms with Crippen molar-refractivity contribution in [2.45, 2.75) is 60.0 Å². The number of hydrogen-bond donors (Lipinski definition) is 2. The smallest absolute Gasteiger partial charge is 0.141 e. The van der Waals surface area contributed by atoms with E-state index in [0.29, 0.717) is 17.1 Å². The van der Waals surface area contributed by atoms with Crippen molar-refractivity contribution in [2.75, 3.05) is 6.61 Å². The number of phenols is 1. The molecule has 0 fully saturated rings. The van der Waals surface area contributed by atoms with Crippen molar-refractivity contribution in [2.24, 2.45) is 0 Å². The third-order valence-corrected chi connectivity index (χ3v) is 6.66. The second-order valence-corrected chi connectivity index (χ2v) is 9.31. The van der Waals surface area contributed by atoms with Gasteiger partial charge in [-0.15, -0.1) is 0 Å². The van der Waals surface area contributed by atoms with Crippen molar-refractivity contribution >= 4 is 12.2 Å². The van der Waals surface area contributed by atoms with Crippen molar-refractivity contribution in [1.29, 1.82) is 0 Å². The molecule has 4 nitrogen and oxygen atoms in total. The van der Waals surface area contributed by atoms with Crippen LogP contribution in [0.4, 0.5) is 0 Å². The summed E-state index contributed by atoms with van der Waals surface area (Å²) in [5.74, 6) is 2.33. The van der Waals surface area contributed by atoms with Crippen LogP contribution < -0.4 is 19.9 Å². The fourth-order valence-electron chi connectivity index (χ4n) is 4.76. The minimum atomic E-state index is -0.501. The molecule has 0 amide bonds. The van der Waals surface area contributed by atoms with Crippen LogP contribution in [-0.4, -0.2) is 22.9 Å². The van der Waals surface area contributed by atoms with Crippen LogP contribution in [0.25, 0.3) is 12.2 Å². The fourth-order valence-corrected chi connectivity index (χ4v) is 4.76. The van der Waals surface area contributed by atoms with E-state index in [1.165, 1.54) is 0 Å². The highest BCUT2D eigenvalue weighted by Gasteiger charge is 2.30. The number of aliphatic hydroxyl groups is 1. The zero-order valence-electron chi connectivity index (χ0n) is 20.8. The van der Waals surface area contributed by atoms with Gasteiger partial charge in [0.05, 0.1) is 6.10 Å². The molecule has 34 heavy (non-hydrogen) atoms. The number of hydrogen-bond acceptors (Lipinski definition) is 4. The molecule has 1 heterocycles. The molecule has 178 valence electrons. The number of aliphatic hydroxyl groups excluding tert-OH is 1. The molecule has 0 saturated carbocycles. The predicted molar refractivity (Wildman–Crippen MR) is 137 cm³/mol. The monoisotopic (exact) mass is 458 g/mol. The summed E-state index contributed by atoms with van der Waals surface area (Å²) in [6.45, 7) is 14.4. The van der Waals surface area contributed by atoms with Crippen molar-refractivity contribution in [3.63, 3.8) is 0 Å². The largest absolute Gasteiger partial charge is 0.507 e. The van der Waals surface area contributed by atoms with Crippen molar-refractivity contribution in [3.8, 4) is 23.0 Å². The molecule has 0 saturated heterocycles. The van der Waals surface area contributed by atoms with Gasteiger partial charge in [-0.1, -0.05) is 50.6 Å². The summed E-state index contributed by atoms with van der Waals surface area (Å²) < 4.78 is 12.6. The lowest BCUT2D eigenvalue weighted by atomic mass is 9.86. The first kappa shape index (κ1) is 23.9. The second kappa shape index (κ2) is 9.55. The molecule has 1 aliphatic heterocycles. The van der Waals surface area contributed by atoms with Crippen LogP contribution in [0.1, 0.15) is 59.6 Å². The maximum Gasteiger partial charge on any atom is 0.141 e. The Bertz CT molecular complexity index is 1350. The van der Waals surface area contributed by atoms with Gasteiger partial charge in [0.15, 0.2) is 0 Å². The van der Waals surface area contributed by atoms with E-state index in [9.17, 15) is 10.2 Å². The van der Waals surface area contributed by atoms with E-state index in [0.717, 1.165) is 68.8 Å². The van der Waals surface area contributed by atoms with Crippen LogP contribution in [-0.2, 0) is 0 Å². The number of aryl methyl sites for hydroxylation is 2. The molecule has 3 aromatic rings. The van der Waals surface area contributed by atoms with Gasteiger partial charge in [0.25, 0.3) is 0 Å². The number of unbranched alkanes of at least 4 members (excludes halogenated alkanes) is 1. The molecule has 0 aromatic heterocycles. The highest BCUT2D eigenvalue weighted by atomic mass is 16.5. The van der Waals surface area contributed by atoms with E-state index >= 15 is 0 Å². The lowest BCUT2D eigenvalue weighted by molar-refractivity contribution is 0.0971. The van der Waals surface area contributed by atoms with Crippen molar-refractivity contribution in [3.05, 3.63) is 80.2 Å². The summed E-state index contributed by atoms with van der Waals surface area (Å²) in [6, 6.07) is 12.2. The number of ether oxygens (including phenoxy) is 2. The number of phenolic OH excluding ortho intramolecular Hbond substituents is 1. The average Bonchev–Trinajstić information content (AvgIpc) is 2.81. The molecule has 0 radical (unpaired) electrons. The van der Waals surface area contributed by atoms with E-state index < -0.39 is 6.10 Å². The van der Waals surface area contributed by atoms with E-state index in [1.54, 1.807) is 0 Å². The second-order valence-electron chi connectivity index (χ2n) is 9.31. The molecule has 0 spiro atoms. The van der Waals surface area contributed by atoms with E-state index in [1.807, 2.05) is 52.0 Å². The maximum atomic E-state index is 10.7. The van der Waals surface area contributed by atoms with Crippen LogP contribution in [0.15, 0.2) is 36.4 Å². The predicted octanol–water partition coefficient (Wildman–Crippen LogP) is 5.32. The third kappa shape index (κ3) is 4.19. The molecular weight excluding hydrogens is 424 g/mol. The molecule has 1 aliphatic rings. The standard InChI is InChI=1S/C30H34O4/c1-7-8-12-22(31)16-33-28-19(4)15-25-26(23-13-10-9-11-17(23)2)24-14-18(3)27(32)20(5)29(24)34-30(25)21(28)6/h9-11,13-15,22,31-32H,2,7-8,12,16H2,1,3-6H3. The Labute approximate surface area is 201 Å². The summed E-state index contributed by atoms with van der Waals surface area (Å²) in [5.41, 5.74) is 6.32. The van der Waals surface area contributed by atoms with Crippen LogP contribution in [0.5, 0.6) is 23.0 Å². The molecule has 0 bridgehead atoms. The average molecular weight is 459 g/mol. The Morgan fingerprint density at radius 3 is 2.29 bits per heavy atom. The van der Waals surface area contributed by atoms with Crippen LogP contribution in [0.3, 0.4) is 0 Å². The Kier molecular flexibility index (Phi) is 6.72. The third-order valence-electron chi connectivity index (χ3n) is 6.66. The number of benzene rings is 3. The summed E-state index contributed by atoms with van der Waals surface area (Å²) in [5, 5.41) is 22.9. The first-order valence-electron chi connectivity index (χ1n) is 12.0. The van der Waals surface area contributed by atoms with Gasteiger partial charge >= 0.3 is 0 Å². The maximum absolute atomic E-state index is 10.7. The molecule has 4 heteroatoms. The highest BCUT2D eigenvalue weighted by Crippen LogP contribution is 2.50. The van der Waals surface area contributed by atoms with Gasteiger partial charge in [0, 0.05) is 27.8 Å². The van der Waals surface area contributed by atoms with E-state index in [2.05, 4.69) is 25.6 Å².